The fraction of sp³-hybridized carbons (Fsp3) is 0.278. The maximum Gasteiger partial charge on any atom is 0.319 e. The normalized spacial score (nSPS) is 10.1. The van der Waals surface area contributed by atoms with Gasteiger partial charge in [-0.05, 0) is 36.8 Å². The minimum Gasteiger partial charge on any atom is -0.497 e. The van der Waals surface area contributed by atoms with Gasteiger partial charge in [-0.15, -0.1) is 0 Å². The quantitative estimate of drug-likeness (QED) is 0.723. The van der Waals surface area contributed by atoms with Crippen LogP contribution in [0.15, 0.2) is 41.2 Å². The molecule has 0 radical (unpaired) electrons. The van der Waals surface area contributed by atoms with Crippen LogP contribution in [0.5, 0.6) is 5.75 Å². The number of methoxy groups -OCH3 is 1. The molecule has 8 heteroatoms. The number of amides is 3. The third-order valence-corrected chi connectivity index (χ3v) is 3.82. The summed E-state index contributed by atoms with van der Waals surface area (Å²) in [6.07, 6.45) is 0. The Morgan fingerprint density at radius 2 is 1.81 bits per heavy atom. The Bertz CT molecular complexity index is 843. The van der Waals surface area contributed by atoms with Gasteiger partial charge in [0.05, 0.1) is 7.11 Å². The first kappa shape index (κ1) is 19.0. The Morgan fingerprint density at radius 3 is 2.42 bits per heavy atom. The van der Waals surface area contributed by atoms with E-state index in [4.69, 9.17) is 4.74 Å². The number of urea groups is 1. The topological polar surface area (TPSA) is 101 Å². The van der Waals surface area contributed by atoms with Crippen LogP contribution < -0.4 is 26.2 Å². The predicted molar refractivity (Wildman–Crippen MR) is 98.4 cm³/mol. The van der Waals surface area contributed by atoms with Crippen LogP contribution in [0.3, 0.4) is 0 Å². The van der Waals surface area contributed by atoms with Gasteiger partial charge in [0.1, 0.15) is 18.0 Å². The molecule has 2 rings (SSSR count). The zero-order valence-corrected chi connectivity index (χ0v) is 15.0. The van der Waals surface area contributed by atoms with Gasteiger partial charge in [-0.2, -0.15) is 0 Å². The van der Waals surface area contributed by atoms with Crippen LogP contribution in [0.1, 0.15) is 11.3 Å². The van der Waals surface area contributed by atoms with Gasteiger partial charge in [0.2, 0.25) is 5.91 Å². The van der Waals surface area contributed by atoms with Gasteiger partial charge in [0.15, 0.2) is 0 Å². The van der Waals surface area contributed by atoms with Gasteiger partial charge in [-0.1, -0.05) is 12.1 Å². The fourth-order valence-electron chi connectivity index (χ4n) is 2.29. The average Bonchev–Trinajstić information content (AvgIpc) is 2.66. The molecule has 138 valence electrons. The Morgan fingerprint density at radius 1 is 1.12 bits per heavy atom. The summed E-state index contributed by atoms with van der Waals surface area (Å²) in [6.45, 7) is 1.93. The number of aromatic nitrogens is 1. The molecule has 0 aliphatic carbocycles. The molecule has 8 nitrogen and oxygen atoms in total. The maximum absolute atomic E-state index is 12.4. The van der Waals surface area contributed by atoms with Crippen LogP contribution in [0.25, 0.3) is 0 Å². The number of carbonyl (C=O) groups excluding carboxylic acids is 2. The molecule has 3 N–H and O–H groups in total. The number of hydrogen-bond donors (Lipinski definition) is 3. The summed E-state index contributed by atoms with van der Waals surface area (Å²) in [5, 5.41) is 7.59. The molecule has 0 unspecified atom stereocenters. The van der Waals surface area contributed by atoms with Crippen LogP contribution in [0, 0.1) is 6.92 Å². The molecule has 2 aromatic rings. The molecular formula is C18H22N4O4. The van der Waals surface area contributed by atoms with Crippen LogP contribution in [0.4, 0.5) is 10.5 Å². The highest BCUT2D eigenvalue weighted by Crippen LogP contribution is 2.11. The molecule has 3 amide bonds. The molecular weight excluding hydrogens is 336 g/mol. The van der Waals surface area contributed by atoms with Crippen LogP contribution in [-0.2, 0) is 17.9 Å². The number of nitrogens with one attached hydrogen (secondary N) is 3. The number of benzene rings is 1. The number of rotatable bonds is 6. The first-order valence-corrected chi connectivity index (χ1v) is 8.03. The number of aryl methyl sites for hydroxylation is 1. The number of ether oxygens (including phenoxy) is 1. The van der Waals surface area contributed by atoms with Crippen molar-refractivity contribution >= 4 is 17.6 Å². The van der Waals surface area contributed by atoms with Gasteiger partial charge in [0.25, 0.3) is 5.56 Å². The highest BCUT2D eigenvalue weighted by Gasteiger charge is 2.11. The van der Waals surface area contributed by atoms with Gasteiger partial charge in [0, 0.05) is 19.3 Å². The van der Waals surface area contributed by atoms with Crippen molar-refractivity contribution in [1.82, 2.24) is 15.2 Å². The summed E-state index contributed by atoms with van der Waals surface area (Å²) in [5.74, 6) is 0.436. The molecule has 0 aliphatic heterocycles. The first-order valence-electron chi connectivity index (χ1n) is 8.03. The molecule has 1 heterocycles. The van der Waals surface area contributed by atoms with E-state index in [0.717, 1.165) is 11.3 Å². The van der Waals surface area contributed by atoms with Crippen LogP contribution >= 0.6 is 0 Å². The van der Waals surface area contributed by atoms with E-state index in [9.17, 15) is 14.4 Å². The maximum atomic E-state index is 12.4. The van der Waals surface area contributed by atoms with E-state index in [1.165, 1.54) is 17.7 Å². The second-order valence-electron chi connectivity index (χ2n) is 5.61. The van der Waals surface area contributed by atoms with Crippen molar-refractivity contribution in [2.75, 3.05) is 19.5 Å². The monoisotopic (exact) mass is 358 g/mol. The fourth-order valence-corrected chi connectivity index (χ4v) is 2.29. The van der Waals surface area contributed by atoms with Crippen molar-refractivity contribution < 1.29 is 14.3 Å². The Balaban J connectivity index is 2.04. The van der Waals surface area contributed by atoms with E-state index < -0.39 is 11.6 Å². The number of anilines is 1. The number of hydrogen-bond acceptors (Lipinski definition) is 4. The summed E-state index contributed by atoms with van der Waals surface area (Å²) < 4.78 is 6.40. The zero-order valence-electron chi connectivity index (χ0n) is 15.0. The number of carbonyl (C=O) groups is 2. The molecule has 0 fully saturated rings. The van der Waals surface area contributed by atoms with E-state index in [1.807, 2.05) is 24.3 Å². The highest BCUT2D eigenvalue weighted by atomic mass is 16.5. The molecule has 0 spiro atoms. The summed E-state index contributed by atoms with van der Waals surface area (Å²) in [7, 11) is 3.04. The standard InChI is InChI=1S/C18H22N4O4/c1-12-4-9-15(21-18(25)19-2)17(24)22(12)11-16(23)20-10-13-5-7-14(26-3)8-6-13/h4-9H,10-11H2,1-3H3,(H,20,23)(H2,19,21,25). The lowest BCUT2D eigenvalue weighted by Gasteiger charge is -2.13. The zero-order chi connectivity index (χ0) is 19.1. The summed E-state index contributed by atoms with van der Waals surface area (Å²) in [6, 6.07) is 10.0. The van der Waals surface area contributed by atoms with E-state index in [0.29, 0.717) is 12.2 Å². The van der Waals surface area contributed by atoms with E-state index in [2.05, 4.69) is 16.0 Å². The third kappa shape index (κ3) is 4.85. The molecule has 0 aliphatic rings. The van der Waals surface area contributed by atoms with Crippen molar-refractivity contribution in [2.24, 2.45) is 0 Å². The molecule has 0 saturated carbocycles. The molecule has 1 aromatic carbocycles. The van der Waals surface area contributed by atoms with Gasteiger partial charge >= 0.3 is 6.03 Å². The number of nitrogens with zero attached hydrogens (tertiary/aromatic N) is 1. The first-order chi connectivity index (χ1) is 12.4. The summed E-state index contributed by atoms with van der Waals surface area (Å²) in [5.41, 5.74) is 1.21. The van der Waals surface area contributed by atoms with E-state index >= 15 is 0 Å². The molecule has 26 heavy (non-hydrogen) atoms. The smallest absolute Gasteiger partial charge is 0.319 e. The molecule has 0 bridgehead atoms. The van der Waals surface area contributed by atoms with Crippen molar-refractivity contribution in [3.63, 3.8) is 0 Å². The third-order valence-electron chi connectivity index (χ3n) is 3.82. The predicted octanol–water partition coefficient (Wildman–Crippen LogP) is 1.23. The van der Waals surface area contributed by atoms with E-state index in [-0.39, 0.29) is 18.1 Å². The number of pyridine rings is 1. The largest absolute Gasteiger partial charge is 0.497 e. The Labute approximate surface area is 151 Å². The van der Waals surface area contributed by atoms with Crippen molar-refractivity contribution in [2.45, 2.75) is 20.0 Å². The summed E-state index contributed by atoms with van der Waals surface area (Å²) >= 11 is 0. The minimum absolute atomic E-state index is 0.109. The lowest BCUT2D eigenvalue weighted by Crippen LogP contribution is -2.35. The summed E-state index contributed by atoms with van der Waals surface area (Å²) in [4.78, 5) is 36.1. The lowest BCUT2D eigenvalue weighted by molar-refractivity contribution is -0.121. The van der Waals surface area contributed by atoms with Gasteiger partial charge in [-0.25, -0.2) is 4.79 Å². The SMILES string of the molecule is CNC(=O)Nc1ccc(C)n(CC(=O)NCc2ccc(OC)cc2)c1=O. The van der Waals surface area contributed by atoms with Crippen molar-refractivity contribution in [1.29, 1.82) is 0 Å². The molecule has 1 aromatic heterocycles. The second kappa shape index (κ2) is 8.70. The average molecular weight is 358 g/mol. The lowest BCUT2D eigenvalue weighted by atomic mass is 10.2. The Kier molecular flexibility index (Phi) is 6.37. The van der Waals surface area contributed by atoms with Crippen molar-refractivity contribution in [3.05, 3.63) is 58.0 Å². The van der Waals surface area contributed by atoms with Gasteiger partial charge in [-0.3, -0.25) is 9.59 Å². The molecule has 0 saturated heterocycles. The van der Waals surface area contributed by atoms with Crippen LogP contribution in [-0.4, -0.2) is 30.7 Å². The van der Waals surface area contributed by atoms with Crippen molar-refractivity contribution in [3.8, 4) is 5.75 Å². The van der Waals surface area contributed by atoms with Crippen LogP contribution in [0.2, 0.25) is 0 Å². The van der Waals surface area contributed by atoms with E-state index in [1.54, 1.807) is 20.1 Å². The Hall–Kier alpha value is -3.29. The highest BCUT2D eigenvalue weighted by molar-refractivity contribution is 5.88. The van der Waals surface area contributed by atoms with Gasteiger partial charge < -0.3 is 25.3 Å². The molecule has 0 atom stereocenters. The minimum atomic E-state index is -0.499. The second-order valence-corrected chi connectivity index (χ2v) is 5.61.